The molecule has 1 saturated heterocycles. The molecule has 1 aromatic heterocycles. The molecule has 3 aliphatic rings. The third kappa shape index (κ3) is 4.34. The van der Waals surface area contributed by atoms with Gasteiger partial charge in [-0.25, -0.2) is 4.98 Å². The highest BCUT2D eigenvalue weighted by atomic mass is 35.5. The minimum Gasteiger partial charge on any atom is -0.381 e. The fraction of sp³-hybridized carbons (Fsp3) is 0.207. The smallest absolute Gasteiger partial charge is 0.0900 e. The van der Waals surface area contributed by atoms with Crippen molar-refractivity contribution in [2.24, 2.45) is 4.99 Å². The third-order valence-corrected chi connectivity index (χ3v) is 6.90. The molecule has 0 spiro atoms. The minimum absolute atomic E-state index is 0.203. The third-order valence-electron chi connectivity index (χ3n) is 6.58. The maximum Gasteiger partial charge on any atom is 0.0900 e. The first-order valence-corrected chi connectivity index (χ1v) is 12.6. The number of nitrogens with one attached hydrogen (secondary N) is 1. The molecule has 1 N–H and O–H groups in total. The molecule has 0 radical (unpaired) electrons. The summed E-state index contributed by atoms with van der Waals surface area (Å²) in [6.45, 7) is 3.46. The van der Waals surface area contributed by atoms with Crippen molar-refractivity contribution < 1.29 is 4.74 Å². The van der Waals surface area contributed by atoms with E-state index in [1.165, 1.54) is 0 Å². The lowest BCUT2D eigenvalue weighted by molar-refractivity contribution is 0.0864. The van der Waals surface area contributed by atoms with Gasteiger partial charge < -0.3 is 14.6 Å². The van der Waals surface area contributed by atoms with Gasteiger partial charge in [0.1, 0.15) is 0 Å². The zero-order valence-corrected chi connectivity index (χ0v) is 20.7. The highest BCUT2D eigenvalue weighted by Crippen LogP contribution is 2.33. The predicted octanol–water partition coefficient (Wildman–Crippen LogP) is 6.31. The Morgan fingerprint density at radius 2 is 1.78 bits per heavy atom. The highest BCUT2D eigenvalue weighted by Gasteiger charge is 2.19. The van der Waals surface area contributed by atoms with Gasteiger partial charge in [0.15, 0.2) is 0 Å². The number of para-hydroxylation sites is 3. The maximum absolute atomic E-state index is 6.71. The second kappa shape index (κ2) is 9.72. The normalized spacial score (nSPS) is 15.0. The SMILES string of the molecule is Cc1ncccc1Nc1cc2nc3ccccc3n(-c3ccccc3Cl)c-2c/c1=N\C1CCOCC1. The van der Waals surface area contributed by atoms with Gasteiger partial charge in [-0.3, -0.25) is 9.98 Å². The molecular formula is C29H26ClN5O. The zero-order chi connectivity index (χ0) is 24.5. The summed E-state index contributed by atoms with van der Waals surface area (Å²) >= 11 is 6.71. The van der Waals surface area contributed by atoms with E-state index in [-0.39, 0.29) is 6.04 Å². The molecule has 0 atom stereocenters. The van der Waals surface area contributed by atoms with Gasteiger partial charge in [0.25, 0.3) is 0 Å². The summed E-state index contributed by atoms with van der Waals surface area (Å²) < 4.78 is 7.76. The Morgan fingerprint density at radius 3 is 2.61 bits per heavy atom. The molecule has 180 valence electrons. The van der Waals surface area contributed by atoms with E-state index in [0.29, 0.717) is 5.02 Å². The lowest BCUT2D eigenvalue weighted by Crippen LogP contribution is -2.23. The number of pyridine rings is 1. The minimum atomic E-state index is 0.203. The van der Waals surface area contributed by atoms with Crippen molar-refractivity contribution in [1.82, 2.24) is 14.5 Å². The van der Waals surface area contributed by atoms with Gasteiger partial charge in [-0.15, -0.1) is 0 Å². The topological polar surface area (TPSA) is 64.3 Å². The largest absolute Gasteiger partial charge is 0.381 e. The molecule has 2 aromatic carbocycles. The first-order valence-electron chi connectivity index (χ1n) is 12.2. The van der Waals surface area contributed by atoms with Crippen LogP contribution >= 0.6 is 11.6 Å². The highest BCUT2D eigenvalue weighted by molar-refractivity contribution is 6.32. The van der Waals surface area contributed by atoms with E-state index in [0.717, 1.165) is 76.6 Å². The summed E-state index contributed by atoms with van der Waals surface area (Å²) in [5.41, 5.74) is 7.35. The monoisotopic (exact) mass is 495 g/mol. The van der Waals surface area contributed by atoms with Crippen LogP contribution in [0.3, 0.4) is 0 Å². The molecule has 0 amide bonds. The first-order chi connectivity index (χ1) is 17.7. The number of rotatable bonds is 4. The van der Waals surface area contributed by atoms with Crippen molar-refractivity contribution in [3.8, 4) is 17.1 Å². The molecule has 0 saturated carbocycles. The van der Waals surface area contributed by atoms with E-state index >= 15 is 0 Å². The van der Waals surface area contributed by atoms with E-state index in [9.17, 15) is 0 Å². The summed E-state index contributed by atoms with van der Waals surface area (Å²) in [6.07, 6.45) is 3.61. The first kappa shape index (κ1) is 22.7. The number of fused-ring (bicyclic) bond motifs is 2. The summed E-state index contributed by atoms with van der Waals surface area (Å²) in [6, 6.07) is 24.4. The molecule has 2 aliphatic heterocycles. The molecule has 6 rings (SSSR count). The number of ether oxygens (including phenoxy) is 1. The van der Waals surface area contributed by atoms with E-state index in [4.69, 9.17) is 26.3 Å². The summed E-state index contributed by atoms with van der Waals surface area (Å²) in [4.78, 5) is 14.7. The summed E-state index contributed by atoms with van der Waals surface area (Å²) in [7, 11) is 0. The Bertz CT molecular complexity index is 1590. The van der Waals surface area contributed by atoms with Crippen LogP contribution in [0.15, 0.2) is 84.0 Å². The number of halogens is 1. The molecule has 1 fully saturated rings. The van der Waals surface area contributed by atoms with E-state index in [2.05, 4.69) is 33.1 Å². The van der Waals surface area contributed by atoms with Crippen molar-refractivity contribution >= 4 is 34.0 Å². The van der Waals surface area contributed by atoms with Gasteiger partial charge in [0.05, 0.1) is 61.6 Å². The van der Waals surface area contributed by atoms with Crippen molar-refractivity contribution in [2.45, 2.75) is 25.8 Å². The van der Waals surface area contributed by atoms with Gasteiger partial charge in [0.2, 0.25) is 0 Å². The fourth-order valence-corrected chi connectivity index (χ4v) is 4.93. The van der Waals surface area contributed by atoms with Crippen LogP contribution in [-0.4, -0.2) is 33.8 Å². The van der Waals surface area contributed by atoms with Gasteiger partial charge >= 0.3 is 0 Å². The lowest BCUT2D eigenvalue weighted by Gasteiger charge is -2.22. The van der Waals surface area contributed by atoms with Crippen LogP contribution in [0.1, 0.15) is 18.5 Å². The summed E-state index contributed by atoms with van der Waals surface area (Å²) in [5, 5.41) is 5.14. The molecule has 0 unspecified atom stereocenters. The lowest BCUT2D eigenvalue weighted by atomic mass is 10.1. The Balaban J connectivity index is 1.65. The Labute approximate surface area is 214 Å². The van der Waals surface area contributed by atoms with Gasteiger partial charge in [-0.05, 0) is 68.3 Å². The van der Waals surface area contributed by atoms with Crippen molar-refractivity contribution in [2.75, 3.05) is 18.5 Å². The maximum atomic E-state index is 6.71. The van der Waals surface area contributed by atoms with Crippen molar-refractivity contribution in [3.63, 3.8) is 0 Å². The van der Waals surface area contributed by atoms with E-state index in [1.54, 1.807) is 6.20 Å². The molecule has 1 aliphatic carbocycles. The average Bonchev–Trinajstić information content (AvgIpc) is 2.90. The fourth-order valence-electron chi connectivity index (χ4n) is 4.71. The molecule has 6 nitrogen and oxygen atoms in total. The Hall–Kier alpha value is -3.74. The summed E-state index contributed by atoms with van der Waals surface area (Å²) in [5.74, 6) is 0. The quantitative estimate of drug-likeness (QED) is 0.297. The molecule has 3 heterocycles. The second-order valence-electron chi connectivity index (χ2n) is 8.98. The van der Waals surface area contributed by atoms with Crippen LogP contribution in [0.25, 0.3) is 28.1 Å². The van der Waals surface area contributed by atoms with Gasteiger partial charge in [0, 0.05) is 19.4 Å². The number of benzene rings is 3. The van der Waals surface area contributed by atoms with Crippen LogP contribution in [0.5, 0.6) is 0 Å². The molecule has 0 bridgehead atoms. The van der Waals surface area contributed by atoms with Crippen molar-refractivity contribution in [3.05, 3.63) is 95.1 Å². The molecule has 3 aromatic rings. The van der Waals surface area contributed by atoms with Crippen LogP contribution < -0.4 is 10.7 Å². The van der Waals surface area contributed by atoms with Gasteiger partial charge in [-0.1, -0.05) is 35.9 Å². The number of nitrogens with zero attached hydrogens (tertiary/aromatic N) is 4. The van der Waals surface area contributed by atoms with Crippen LogP contribution in [0.2, 0.25) is 5.02 Å². The number of hydrogen-bond donors (Lipinski definition) is 1. The number of aryl methyl sites for hydroxylation is 1. The van der Waals surface area contributed by atoms with Gasteiger partial charge in [-0.2, -0.15) is 0 Å². The van der Waals surface area contributed by atoms with Crippen LogP contribution in [0.4, 0.5) is 11.4 Å². The van der Waals surface area contributed by atoms with Crippen LogP contribution in [0, 0.1) is 6.92 Å². The Morgan fingerprint density at radius 1 is 0.972 bits per heavy atom. The Kier molecular flexibility index (Phi) is 6.13. The number of anilines is 2. The molecular weight excluding hydrogens is 470 g/mol. The number of hydrogen-bond acceptors (Lipinski definition) is 5. The molecule has 36 heavy (non-hydrogen) atoms. The van der Waals surface area contributed by atoms with E-state index in [1.807, 2.05) is 61.5 Å². The average molecular weight is 496 g/mol. The van der Waals surface area contributed by atoms with Crippen LogP contribution in [-0.2, 0) is 4.74 Å². The predicted molar refractivity (Wildman–Crippen MR) is 144 cm³/mol. The molecule has 7 heteroatoms. The van der Waals surface area contributed by atoms with Crippen molar-refractivity contribution in [1.29, 1.82) is 0 Å². The standard InChI is InChI=1S/C29H26ClN5O/c1-19-22(9-6-14-31-19)33-24-17-26-29(18-25(24)32-20-12-15-36-16-13-20)35(27-10-4-2-7-21(27)30)28-11-5-3-8-23(28)34-26/h2-11,14,17-18,20,33H,12-13,15-16H2,1H3/b32-25+. The zero-order valence-electron chi connectivity index (χ0n) is 20.0. The second-order valence-corrected chi connectivity index (χ2v) is 9.39. The van der Waals surface area contributed by atoms with E-state index < -0.39 is 0 Å². The number of aromatic nitrogens is 3.